The first-order chi connectivity index (χ1) is 5.70. The van der Waals surface area contributed by atoms with Gasteiger partial charge in [-0.15, -0.1) is 0 Å². The minimum absolute atomic E-state index is 0.134. The number of rotatable bonds is 0. The van der Waals surface area contributed by atoms with Crippen LogP contribution < -0.4 is 5.32 Å². The number of amides is 1. The summed E-state index contributed by atoms with van der Waals surface area (Å²) in [6, 6.07) is 2.78. The van der Waals surface area contributed by atoms with Gasteiger partial charge in [0.1, 0.15) is 5.82 Å². The predicted octanol–water partition coefficient (Wildman–Crippen LogP) is 1.83. The monoisotopic (exact) mass is 229 g/mol. The van der Waals surface area contributed by atoms with E-state index in [1.54, 1.807) is 0 Å². The van der Waals surface area contributed by atoms with E-state index in [1.807, 2.05) is 0 Å². The van der Waals surface area contributed by atoms with Crippen molar-refractivity contribution in [3.05, 3.63) is 33.5 Å². The highest BCUT2D eigenvalue weighted by atomic mass is 79.9. The van der Waals surface area contributed by atoms with Gasteiger partial charge in [0.15, 0.2) is 0 Å². The minimum Gasteiger partial charge on any atom is -0.348 e. The van der Waals surface area contributed by atoms with Crippen molar-refractivity contribution in [3.8, 4) is 0 Å². The molecule has 0 atom stereocenters. The molecular formula is C8H5BrFNO. The van der Waals surface area contributed by atoms with Gasteiger partial charge in [-0.25, -0.2) is 4.39 Å². The highest BCUT2D eigenvalue weighted by molar-refractivity contribution is 9.10. The Morgan fingerprint density at radius 1 is 1.50 bits per heavy atom. The SMILES string of the molecule is O=C1NCc2c1ccc(F)c2Br. The summed E-state index contributed by atoms with van der Waals surface area (Å²) >= 11 is 3.09. The summed E-state index contributed by atoms with van der Waals surface area (Å²) in [4.78, 5) is 11.1. The molecule has 1 aromatic carbocycles. The summed E-state index contributed by atoms with van der Waals surface area (Å²) in [5.74, 6) is -0.462. The van der Waals surface area contributed by atoms with Gasteiger partial charge in [-0.1, -0.05) is 0 Å². The van der Waals surface area contributed by atoms with Crippen LogP contribution in [0, 0.1) is 5.82 Å². The van der Waals surface area contributed by atoms with Crippen molar-refractivity contribution in [1.82, 2.24) is 5.32 Å². The maximum absolute atomic E-state index is 12.9. The second kappa shape index (κ2) is 2.55. The molecule has 2 rings (SSSR count). The van der Waals surface area contributed by atoms with Gasteiger partial charge in [-0.05, 0) is 28.1 Å². The number of hydrogen-bond donors (Lipinski definition) is 1. The van der Waals surface area contributed by atoms with Gasteiger partial charge in [0.05, 0.1) is 4.47 Å². The standard InChI is InChI=1S/C8H5BrFNO/c9-7-5-3-11-8(12)4(5)1-2-6(7)10/h1-2H,3H2,(H,11,12). The minimum atomic E-state index is -0.328. The number of hydrogen-bond acceptors (Lipinski definition) is 1. The van der Waals surface area contributed by atoms with Gasteiger partial charge in [-0.2, -0.15) is 0 Å². The van der Waals surface area contributed by atoms with Crippen LogP contribution in [0.3, 0.4) is 0 Å². The van der Waals surface area contributed by atoms with Crippen molar-refractivity contribution < 1.29 is 9.18 Å². The van der Waals surface area contributed by atoms with Crippen molar-refractivity contribution in [1.29, 1.82) is 0 Å². The molecule has 2 nitrogen and oxygen atoms in total. The molecule has 0 fully saturated rings. The van der Waals surface area contributed by atoms with Crippen LogP contribution in [0.4, 0.5) is 4.39 Å². The zero-order valence-corrected chi connectivity index (χ0v) is 7.61. The molecule has 1 N–H and O–H groups in total. The molecule has 0 saturated carbocycles. The fraction of sp³-hybridized carbons (Fsp3) is 0.125. The van der Waals surface area contributed by atoms with E-state index < -0.39 is 0 Å². The molecular weight excluding hydrogens is 225 g/mol. The van der Waals surface area contributed by atoms with E-state index in [9.17, 15) is 9.18 Å². The van der Waals surface area contributed by atoms with Crippen molar-refractivity contribution in [2.24, 2.45) is 0 Å². The first-order valence-electron chi connectivity index (χ1n) is 3.45. The highest BCUT2D eigenvalue weighted by Crippen LogP contribution is 2.26. The highest BCUT2D eigenvalue weighted by Gasteiger charge is 2.22. The average molecular weight is 230 g/mol. The number of halogens is 2. The number of fused-ring (bicyclic) bond motifs is 1. The predicted molar refractivity (Wildman–Crippen MR) is 45.3 cm³/mol. The molecule has 62 valence electrons. The Morgan fingerprint density at radius 2 is 2.25 bits per heavy atom. The van der Waals surface area contributed by atoms with Crippen LogP contribution in [-0.4, -0.2) is 5.91 Å². The zero-order valence-electron chi connectivity index (χ0n) is 6.03. The third-order valence-electron chi connectivity index (χ3n) is 1.87. The first kappa shape index (κ1) is 7.73. The maximum atomic E-state index is 12.9. The molecule has 0 radical (unpaired) electrons. The molecule has 0 aromatic heterocycles. The second-order valence-electron chi connectivity index (χ2n) is 2.57. The average Bonchev–Trinajstić information content (AvgIpc) is 2.41. The summed E-state index contributed by atoms with van der Waals surface area (Å²) in [5, 5.41) is 2.62. The molecule has 0 spiro atoms. The van der Waals surface area contributed by atoms with Crippen LogP contribution in [0.25, 0.3) is 0 Å². The van der Waals surface area contributed by atoms with Crippen molar-refractivity contribution in [3.63, 3.8) is 0 Å². The van der Waals surface area contributed by atoms with Crippen LogP contribution in [0.15, 0.2) is 16.6 Å². The van der Waals surface area contributed by atoms with E-state index in [0.29, 0.717) is 22.1 Å². The van der Waals surface area contributed by atoms with E-state index in [1.165, 1.54) is 12.1 Å². The Hall–Kier alpha value is -0.900. The Labute approximate surface area is 76.9 Å². The van der Waals surface area contributed by atoms with E-state index >= 15 is 0 Å². The fourth-order valence-electron chi connectivity index (χ4n) is 1.24. The number of carbonyl (C=O) groups is 1. The number of benzene rings is 1. The lowest BCUT2D eigenvalue weighted by Gasteiger charge is -1.99. The molecule has 4 heteroatoms. The largest absolute Gasteiger partial charge is 0.348 e. The Kier molecular flexibility index (Phi) is 1.65. The van der Waals surface area contributed by atoms with Crippen LogP contribution in [0.5, 0.6) is 0 Å². The third kappa shape index (κ3) is 0.948. The third-order valence-corrected chi connectivity index (χ3v) is 2.72. The number of carbonyl (C=O) groups excluding carboxylic acids is 1. The summed E-state index contributed by atoms with van der Waals surface area (Å²) in [5.41, 5.74) is 1.27. The smallest absolute Gasteiger partial charge is 0.251 e. The van der Waals surface area contributed by atoms with E-state index in [2.05, 4.69) is 21.2 Å². The Balaban J connectivity index is 2.68. The zero-order chi connectivity index (χ0) is 8.72. The van der Waals surface area contributed by atoms with Crippen LogP contribution in [0.2, 0.25) is 0 Å². The van der Waals surface area contributed by atoms with E-state index in [-0.39, 0.29) is 11.7 Å². The topological polar surface area (TPSA) is 29.1 Å². The van der Waals surface area contributed by atoms with Crippen molar-refractivity contribution in [2.75, 3.05) is 0 Å². The van der Waals surface area contributed by atoms with Gasteiger partial charge < -0.3 is 5.32 Å². The van der Waals surface area contributed by atoms with Gasteiger partial charge in [0, 0.05) is 17.7 Å². The fourth-order valence-corrected chi connectivity index (χ4v) is 1.73. The molecule has 0 bridgehead atoms. The van der Waals surface area contributed by atoms with Crippen molar-refractivity contribution in [2.45, 2.75) is 6.54 Å². The van der Waals surface area contributed by atoms with Crippen molar-refractivity contribution >= 4 is 21.8 Å². The normalized spacial score (nSPS) is 14.3. The van der Waals surface area contributed by atoms with Crippen LogP contribution in [-0.2, 0) is 6.54 Å². The van der Waals surface area contributed by atoms with Gasteiger partial charge in [0.2, 0.25) is 0 Å². The molecule has 12 heavy (non-hydrogen) atoms. The quantitative estimate of drug-likeness (QED) is 0.723. The van der Waals surface area contributed by atoms with Crippen LogP contribution in [0.1, 0.15) is 15.9 Å². The molecule has 0 saturated heterocycles. The lowest BCUT2D eigenvalue weighted by molar-refractivity contribution is 0.0966. The summed E-state index contributed by atoms with van der Waals surface area (Å²) in [7, 11) is 0. The molecule has 0 unspecified atom stereocenters. The molecule has 0 aliphatic carbocycles. The Morgan fingerprint density at radius 3 is 3.00 bits per heavy atom. The first-order valence-corrected chi connectivity index (χ1v) is 4.24. The maximum Gasteiger partial charge on any atom is 0.251 e. The van der Waals surface area contributed by atoms with E-state index in [0.717, 1.165) is 0 Å². The Bertz CT molecular complexity index is 364. The van der Waals surface area contributed by atoms with Gasteiger partial charge in [0.25, 0.3) is 5.91 Å². The summed E-state index contributed by atoms with van der Waals surface area (Å²) in [6.07, 6.45) is 0. The van der Waals surface area contributed by atoms with Crippen LogP contribution >= 0.6 is 15.9 Å². The molecule has 1 aliphatic rings. The lowest BCUT2D eigenvalue weighted by Crippen LogP contribution is -2.12. The second-order valence-corrected chi connectivity index (χ2v) is 3.36. The molecule has 1 amide bonds. The van der Waals surface area contributed by atoms with Gasteiger partial charge >= 0.3 is 0 Å². The summed E-state index contributed by atoms with van der Waals surface area (Å²) in [6.45, 7) is 0.409. The molecule has 1 aromatic rings. The lowest BCUT2D eigenvalue weighted by atomic mass is 10.1. The molecule has 1 heterocycles. The summed E-state index contributed by atoms with van der Waals surface area (Å²) < 4.78 is 13.3. The molecule has 1 aliphatic heterocycles. The van der Waals surface area contributed by atoms with Gasteiger partial charge in [-0.3, -0.25) is 4.79 Å². The van der Waals surface area contributed by atoms with E-state index in [4.69, 9.17) is 0 Å². The number of nitrogens with one attached hydrogen (secondary N) is 1.